The number of carbonyl (C=O) groups excluding carboxylic acids is 1. The molecule has 26 heavy (non-hydrogen) atoms. The molecular weight excluding hydrogens is 350 g/mol. The van der Waals surface area contributed by atoms with Crippen LogP contribution in [0.15, 0.2) is 48.8 Å². The summed E-state index contributed by atoms with van der Waals surface area (Å²) in [5.41, 5.74) is 1.03. The second kappa shape index (κ2) is 7.74. The zero-order valence-electron chi connectivity index (χ0n) is 15.0. The highest BCUT2D eigenvalue weighted by molar-refractivity contribution is 6.31. The summed E-state index contributed by atoms with van der Waals surface area (Å²) in [4.78, 5) is 18.1. The van der Waals surface area contributed by atoms with Gasteiger partial charge in [-0.2, -0.15) is 0 Å². The number of nitrogens with zero attached hydrogens (tertiary/aromatic N) is 2. The van der Waals surface area contributed by atoms with Crippen LogP contribution in [0.5, 0.6) is 0 Å². The fraction of sp³-hybridized carbons (Fsp3) is 0.400. The number of nitrogens with one attached hydrogen (secondary N) is 1. The molecule has 0 unspecified atom stereocenters. The number of likely N-dealkylation sites (tertiary alicyclic amines) is 1. The van der Waals surface area contributed by atoms with Crippen molar-refractivity contribution in [3.63, 3.8) is 0 Å². The lowest BCUT2D eigenvalue weighted by Gasteiger charge is -2.49. The summed E-state index contributed by atoms with van der Waals surface area (Å²) in [7, 11) is 0. The number of halogens is 1. The van der Waals surface area contributed by atoms with Crippen LogP contribution in [0.2, 0.25) is 5.02 Å². The van der Waals surface area contributed by atoms with E-state index in [2.05, 4.69) is 15.2 Å². The molecule has 0 bridgehead atoms. The Morgan fingerprint density at radius 1 is 1.38 bits per heavy atom. The van der Waals surface area contributed by atoms with Crippen LogP contribution in [0, 0.1) is 0 Å². The largest absolute Gasteiger partial charge is 0.388 e. The van der Waals surface area contributed by atoms with Crippen molar-refractivity contribution in [2.45, 2.75) is 44.5 Å². The highest BCUT2D eigenvalue weighted by Gasteiger charge is 2.45. The molecule has 2 aromatic rings. The summed E-state index contributed by atoms with van der Waals surface area (Å²) in [6.07, 6.45) is 3.92. The third kappa shape index (κ3) is 4.06. The molecule has 5 nitrogen and oxygen atoms in total. The van der Waals surface area contributed by atoms with Crippen molar-refractivity contribution in [2.24, 2.45) is 0 Å². The number of aliphatic hydroxyl groups is 1. The Hall–Kier alpha value is -1.95. The third-order valence-electron chi connectivity index (χ3n) is 5.01. The van der Waals surface area contributed by atoms with E-state index in [-0.39, 0.29) is 11.9 Å². The summed E-state index contributed by atoms with van der Waals surface area (Å²) in [6.45, 7) is 4.59. The standard InChI is InChI=1S/C20H24ClN3O2/c1-14(25)23-19-18(15-6-4-3-5-7-15)24(11-9-20(19,2)26)13-16-8-10-22-12-17(16)21/h3-8,10,12,18-19,26H,9,11,13H2,1-2H3,(H,23,25)/t18-,19-,20+/m0/s1. The van der Waals surface area contributed by atoms with E-state index in [0.717, 1.165) is 11.1 Å². The number of rotatable bonds is 4. The van der Waals surface area contributed by atoms with Crippen molar-refractivity contribution < 1.29 is 9.90 Å². The monoisotopic (exact) mass is 373 g/mol. The van der Waals surface area contributed by atoms with E-state index in [4.69, 9.17) is 11.6 Å². The predicted molar refractivity (Wildman–Crippen MR) is 102 cm³/mol. The van der Waals surface area contributed by atoms with Gasteiger partial charge in [-0.25, -0.2) is 0 Å². The number of benzene rings is 1. The summed E-state index contributed by atoms with van der Waals surface area (Å²) in [6, 6.07) is 11.3. The average molecular weight is 374 g/mol. The Kier molecular flexibility index (Phi) is 5.61. The van der Waals surface area contributed by atoms with E-state index < -0.39 is 11.6 Å². The van der Waals surface area contributed by atoms with Crippen LogP contribution >= 0.6 is 11.6 Å². The smallest absolute Gasteiger partial charge is 0.217 e. The van der Waals surface area contributed by atoms with Gasteiger partial charge in [-0.3, -0.25) is 14.7 Å². The topological polar surface area (TPSA) is 65.5 Å². The number of hydrogen-bond donors (Lipinski definition) is 2. The maximum atomic E-state index is 11.8. The third-order valence-corrected chi connectivity index (χ3v) is 5.35. The minimum Gasteiger partial charge on any atom is -0.388 e. The van der Waals surface area contributed by atoms with Gasteiger partial charge < -0.3 is 10.4 Å². The number of piperidine rings is 1. The van der Waals surface area contributed by atoms with Crippen LogP contribution in [0.4, 0.5) is 0 Å². The average Bonchev–Trinajstić information content (AvgIpc) is 2.60. The molecule has 1 aromatic carbocycles. The lowest BCUT2D eigenvalue weighted by molar-refractivity contribution is -0.126. The normalized spacial score (nSPS) is 26.5. The van der Waals surface area contributed by atoms with Crippen molar-refractivity contribution in [3.8, 4) is 0 Å². The molecular formula is C20H24ClN3O2. The quantitative estimate of drug-likeness (QED) is 0.864. The summed E-state index contributed by atoms with van der Waals surface area (Å²) < 4.78 is 0. The van der Waals surface area contributed by atoms with E-state index in [9.17, 15) is 9.90 Å². The van der Waals surface area contributed by atoms with Crippen LogP contribution in [0.3, 0.4) is 0 Å². The van der Waals surface area contributed by atoms with Gasteiger partial charge in [0.15, 0.2) is 0 Å². The van der Waals surface area contributed by atoms with Crippen molar-refractivity contribution >= 4 is 17.5 Å². The van der Waals surface area contributed by atoms with Gasteiger partial charge in [0.1, 0.15) is 0 Å². The van der Waals surface area contributed by atoms with Crippen LogP contribution in [-0.2, 0) is 11.3 Å². The summed E-state index contributed by atoms with van der Waals surface area (Å²) >= 11 is 6.31. The van der Waals surface area contributed by atoms with Gasteiger partial charge in [0.2, 0.25) is 5.91 Å². The van der Waals surface area contributed by atoms with Crippen LogP contribution in [0.25, 0.3) is 0 Å². The second-order valence-corrected chi connectivity index (χ2v) is 7.49. The molecule has 0 saturated carbocycles. The Balaban J connectivity index is 1.99. The SMILES string of the molecule is CC(=O)N[C@H]1[C@H](c2ccccc2)N(Cc2ccncc2Cl)CC[C@@]1(C)O. The van der Waals surface area contributed by atoms with E-state index in [0.29, 0.717) is 24.5 Å². The molecule has 1 saturated heterocycles. The zero-order chi connectivity index (χ0) is 18.7. The molecule has 0 radical (unpaired) electrons. The molecule has 2 N–H and O–H groups in total. The number of pyridine rings is 1. The molecule has 1 fully saturated rings. The van der Waals surface area contributed by atoms with Crippen molar-refractivity contribution in [2.75, 3.05) is 6.54 Å². The number of aromatic nitrogens is 1. The van der Waals surface area contributed by atoms with Crippen molar-refractivity contribution in [1.82, 2.24) is 15.2 Å². The Morgan fingerprint density at radius 3 is 2.77 bits per heavy atom. The highest BCUT2D eigenvalue weighted by Crippen LogP contribution is 2.38. The molecule has 3 rings (SSSR count). The Labute approximate surface area is 159 Å². The molecule has 0 aliphatic carbocycles. The minimum absolute atomic E-state index is 0.153. The molecule has 0 spiro atoms. The Morgan fingerprint density at radius 2 is 2.12 bits per heavy atom. The van der Waals surface area contributed by atoms with Crippen LogP contribution in [0.1, 0.15) is 37.4 Å². The van der Waals surface area contributed by atoms with Crippen LogP contribution in [-0.4, -0.2) is 39.1 Å². The van der Waals surface area contributed by atoms with E-state index in [1.54, 1.807) is 19.3 Å². The summed E-state index contributed by atoms with van der Waals surface area (Å²) in [5, 5.41) is 14.6. The molecule has 138 valence electrons. The number of amides is 1. The zero-order valence-corrected chi connectivity index (χ0v) is 15.8. The van der Waals surface area contributed by atoms with Gasteiger partial charge in [-0.1, -0.05) is 41.9 Å². The first-order chi connectivity index (χ1) is 12.4. The van der Waals surface area contributed by atoms with Gasteiger partial charge >= 0.3 is 0 Å². The van der Waals surface area contributed by atoms with Gasteiger partial charge in [0.25, 0.3) is 0 Å². The molecule has 2 heterocycles. The highest BCUT2D eigenvalue weighted by atomic mass is 35.5. The molecule has 1 aromatic heterocycles. The molecule has 1 aliphatic rings. The number of hydrogen-bond acceptors (Lipinski definition) is 4. The summed E-state index contributed by atoms with van der Waals surface area (Å²) in [5.74, 6) is -0.153. The maximum Gasteiger partial charge on any atom is 0.217 e. The number of carbonyl (C=O) groups is 1. The Bertz CT molecular complexity index is 767. The first-order valence-electron chi connectivity index (χ1n) is 8.75. The van der Waals surface area contributed by atoms with E-state index >= 15 is 0 Å². The van der Waals surface area contributed by atoms with Gasteiger partial charge in [-0.15, -0.1) is 0 Å². The fourth-order valence-electron chi connectivity index (χ4n) is 3.65. The van der Waals surface area contributed by atoms with Crippen molar-refractivity contribution in [1.29, 1.82) is 0 Å². The fourth-order valence-corrected chi connectivity index (χ4v) is 3.83. The molecule has 6 heteroatoms. The van der Waals surface area contributed by atoms with Crippen molar-refractivity contribution in [3.05, 3.63) is 64.9 Å². The van der Waals surface area contributed by atoms with Gasteiger partial charge in [-0.05, 0) is 30.5 Å². The van der Waals surface area contributed by atoms with Gasteiger partial charge in [0, 0.05) is 32.4 Å². The lowest BCUT2D eigenvalue weighted by atomic mass is 9.79. The predicted octanol–water partition coefficient (Wildman–Crippen LogP) is 2.94. The molecule has 1 amide bonds. The molecule has 1 aliphatic heterocycles. The lowest BCUT2D eigenvalue weighted by Crippen LogP contribution is -2.62. The minimum atomic E-state index is -0.995. The molecule has 3 atom stereocenters. The van der Waals surface area contributed by atoms with Gasteiger partial charge in [0.05, 0.1) is 22.7 Å². The van der Waals surface area contributed by atoms with Crippen LogP contribution < -0.4 is 5.32 Å². The maximum absolute atomic E-state index is 11.8. The van der Waals surface area contributed by atoms with E-state index in [1.165, 1.54) is 6.92 Å². The second-order valence-electron chi connectivity index (χ2n) is 7.08. The van der Waals surface area contributed by atoms with E-state index in [1.807, 2.05) is 36.4 Å². The first kappa shape index (κ1) is 18.8. The first-order valence-corrected chi connectivity index (χ1v) is 9.13.